The first-order valence-electron chi connectivity index (χ1n) is 7.80. The number of hydrogen-bond acceptors (Lipinski definition) is 4. The molecule has 0 radical (unpaired) electrons. The highest BCUT2D eigenvalue weighted by Crippen LogP contribution is 2.24. The molecular weight excluding hydrogens is 309 g/mol. The molecular formula is C18H18FN3O2. The summed E-state index contributed by atoms with van der Waals surface area (Å²) in [5.41, 5.74) is 2.76. The number of carbonyl (C=O) groups excluding carboxylic acids is 1. The van der Waals surface area contributed by atoms with Crippen LogP contribution in [0.4, 0.5) is 4.39 Å². The number of aromatic nitrogens is 3. The van der Waals surface area contributed by atoms with E-state index >= 15 is 0 Å². The van der Waals surface area contributed by atoms with Gasteiger partial charge >= 0.3 is 5.97 Å². The summed E-state index contributed by atoms with van der Waals surface area (Å²) in [5, 5.41) is 5.36. The minimum absolute atomic E-state index is 0.306. The second kappa shape index (κ2) is 6.78. The maximum absolute atomic E-state index is 13.7. The van der Waals surface area contributed by atoms with Crippen LogP contribution < -0.4 is 0 Å². The quantitative estimate of drug-likeness (QED) is 0.674. The molecule has 0 aliphatic heterocycles. The predicted octanol–water partition coefficient (Wildman–Crippen LogP) is 3.36. The van der Waals surface area contributed by atoms with Crippen LogP contribution in [0.5, 0.6) is 0 Å². The number of nitrogens with zero attached hydrogens (tertiary/aromatic N) is 3. The van der Waals surface area contributed by atoms with Crippen LogP contribution in [0.3, 0.4) is 0 Å². The SMILES string of the molecule is CCCn1nc(Cc2cnccc2C(=O)OC)c2cc(F)ccc21. The first kappa shape index (κ1) is 16.1. The molecule has 0 aliphatic carbocycles. The normalized spacial score (nSPS) is 11.0. The molecule has 0 saturated carbocycles. The number of ether oxygens (including phenoxy) is 1. The van der Waals surface area contributed by atoms with Crippen molar-refractivity contribution < 1.29 is 13.9 Å². The first-order chi connectivity index (χ1) is 11.6. The number of pyridine rings is 1. The Labute approximate surface area is 139 Å². The Hall–Kier alpha value is -2.76. The van der Waals surface area contributed by atoms with E-state index in [4.69, 9.17) is 4.74 Å². The highest BCUT2D eigenvalue weighted by molar-refractivity contribution is 5.91. The lowest BCUT2D eigenvalue weighted by Crippen LogP contribution is -2.07. The molecule has 124 valence electrons. The van der Waals surface area contributed by atoms with Gasteiger partial charge < -0.3 is 4.74 Å². The molecule has 0 spiro atoms. The van der Waals surface area contributed by atoms with E-state index in [1.165, 1.54) is 19.2 Å². The van der Waals surface area contributed by atoms with Crippen LogP contribution in [0, 0.1) is 5.82 Å². The van der Waals surface area contributed by atoms with Crippen molar-refractivity contribution in [1.29, 1.82) is 0 Å². The molecule has 0 bridgehead atoms. The molecule has 0 aliphatic rings. The van der Waals surface area contributed by atoms with E-state index in [1.807, 2.05) is 4.68 Å². The van der Waals surface area contributed by atoms with Crippen molar-refractivity contribution >= 4 is 16.9 Å². The molecule has 2 heterocycles. The zero-order valence-corrected chi connectivity index (χ0v) is 13.6. The van der Waals surface area contributed by atoms with Crippen LogP contribution in [-0.2, 0) is 17.7 Å². The third kappa shape index (κ3) is 2.99. The van der Waals surface area contributed by atoms with Crippen molar-refractivity contribution in [1.82, 2.24) is 14.8 Å². The van der Waals surface area contributed by atoms with Gasteiger partial charge in [-0.1, -0.05) is 6.92 Å². The van der Waals surface area contributed by atoms with Gasteiger partial charge in [0.15, 0.2) is 0 Å². The Kier molecular flexibility index (Phi) is 4.55. The molecule has 3 rings (SSSR count). The monoisotopic (exact) mass is 327 g/mol. The van der Waals surface area contributed by atoms with Crippen molar-refractivity contribution in [3.8, 4) is 0 Å². The van der Waals surface area contributed by atoms with E-state index in [2.05, 4.69) is 17.0 Å². The number of esters is 1. The molecule has 0 fully saturated rings. The molecule has 0 amide bonds. The fraction of sp³-hybridized carbons (Fsp3) is 0.278. The van der Waals surface area contributed by atoms with Crippen LogP contribution in [0.1, 0.15) is 35.0 Å². The fourth-order valence-corrected chi connectivity index (χ4v) is 2.79. The largest absolute Gasteiger partial charge is 0.465 e. The molecule has 1 aromatic carbocycles. The molecule has 0 atom stereocenters. The number of hydrogen-bond donors (Lipinski definition) is 0. The highest BCUT2D eigenvalue weighted by atomic mass is 19.1. The average molecular weight is 327 g/mol. The van der Waals surface area contributed by atoms with E-state index < -0.39 is 5.97 Å². The van der Waals surface area contributed by atoms with E-state index in [-0.39, 0.29) is 5.82 Å². The zero-order chi connectivity index (χ0) is 17.1. The standard InChI is InChI=1S/C18H18FN3O2/c1-3-8-22-17-5-4-13(19)10-15(17)16(21-22)9-12-11-20-7-6-14(12)18(23)24-2/h4-7,10-11H,3,8-9H2,1-2H3. The van der Waals surface area contributed by atoms with Crippen LogP contribution >= 0.6 is 0 Å². The van der Waals surface area contributed by atoms with E-state index in [9.17, 15) is 9.18 Å². The lowest BCUT2D eigenvalue weighted by Gasteiger charge is -2.06. The summed E-state index contributed by atoms with van der Waals surface area (Å²) in [6, 6.07) is 6.27. The van der Waals surface area contributed by atoms with E-state index in [1.54, 1.807) is 24.5 Å². The van der Waals surface area contributed by atoms with Crippen molar-refractivity contribution in [2.75, 3.05) is 7.11 Å². The van der Waals surface area contributed by atoms with Crippen molar-refractivity contribution in [2.24, 2.45) is 0 Å². The van der Waals surface area contributed by atoms with Crippen LogP contribution in [-0.4, -0.2) is 27.8 Å². The van der Waals surface area contributed by atoms with Crippen LogP contribution in [0.15, 0.2) is 36.7 Å². The minimum atomic E-state index is -0.420. The van der Waals surface area contributed by atoms with Gasteiger partial charge in [0.1, 0.15) is 5.82 Å². The molecule has 0 N–H and O–H groups in total. The van der Waals surface area contributed by atoms with Crippen LogP contribution in [0.2, 0.25) is 0 Å². The van der Waals surface area contributed by atoms with E-state index in [0.29, 0.717) is 17.5 Å². The summed E-state index contributed by atoms with van der Waals surface area (Å²) in [6.45, 7) is 2.81. The summed E-state index contributed by atoms with van der Waals surface area (Å²) < 4.78 is 20.4. The number of methoxy groups -OCH3 is 1. The molecule has 2 aromatic heterocycles. The Morgan fingerprint density at radius 3 is 2.92 bits per heavy atom. The Balaban J connectivity index is 2.08. The molecule has 0 unspecified atom stereocenters. The predicted molar refractivity (Wildman–Crippen MR) is 88.4 cm³/mol. The van der Waals surface area contributed by atoms with Gasteiger partial charge in [-0.2, -0.15) is 5.10 Å². The Morgan fingerprint density at radius 1 is 1.33 bits per heavy atom. The van der Waals surface area contributed by atoms with E-state index in [0.717, 1.165) is 29.6 Å². The Morgan fingerprint density at radius 2 is 2.17 bits per heavy atom. The topological polar surface area (TPSA) is 57.0 Å². The number of aryl methyl sites for hydroxylation is 1. The maximum Gasteiger partial charge on any atom is 0.338 e. The van der Waals surface area contributed by atoms with Crippen LogP contribution in [0.25, 0.3) is 10.9 Å². The van der Waals surface area contributed by atoms with Gasteiger partial charge in [-0.05, 0) is 36.2 Å². The van der Waals surface area contributed by atoms with Gasteiger partial charge in [-0.3, -0.25) is 9.67 Å². The molecule has 6 heteroatoms. The first-order valence-corrected chi connectivity index (χ1v) is 7.80. The fourth-order valence-electron chi connectivity index (χ4n) is 2.79. The Bertz CT molecular complexity index is 889. The summed E-state index contributed by atoms with van der Waals surface area (Å²) in [4.78, 5) is 16.0. The van der Waals surface area contributed by atoms with Gasteiger partial charge in [-0.25, -0.2) is 9.18 Å². The summed E-state index contributed by atoms with van der Waals surface area (Å²) in [5.74, 6) is -0.727. The van der Waals surface area contributed by atoms with Gasteiger partial charge in [0, 0.05) is 30.7 Å². The summed E-state index contributed by atoms with van der Waals surface area (Å²) in [7, 11) is 1.34. The molecule has 3 aromatic rings. The molecule has 0 saturated heterocycles. The average Bonchev–Trinajstić information content (AvgIpc) is 2.92. The number of carbonyl (C=O) groups is 1. The van der Waals surface area contributed by atoms with Crippen molar-refractivity contribution in [3.05, 3.63) is 59.3 Å². The lowest BCUT2D eigenvalue weighted by atomic mass is 10.0. The maximum atomic E-state index is 13.7. The third-order valence-corrected chi connectivity index (χ3v) is 3.89. The second-order valence-corrected chi connectivity index (χ2v) is 5.53. The summed E-state index contributed by atoms with van der Waals surface area (Å²) >= 11 is 0. The lowest BCUT2D eigenvalue weighted by molar-refractivity contribution is 0.0599. The number of halogens is 1. The molecule has 24 heavy (non-hydrogen) atoms. The van der Waals surface area contributed by atoms with Gasteiger partial charge in [0.05, 0.1) is 23.9 Å². The highest BCUT2D eigenvalue weighted by Gasteiger charge is 2.16. The number of benzene rings is 1. The number of rotatable bonds is 5. The minimum Gasteiger partial charge on any atom is -0.465 e. The van der Waals surface area contributed by atoms with Gasteiger partial charge in [-0.15, -0.1) is 0 Å². The zero-order valence-electron chi connectivity index (χ0n) is 13.6. The van der Waals surface area contributed by atoms with Gasteiger partial charge in [0.2, 0.25) is 0 Å². The molecule has 5 nitrogen and oxygen atoms in total. The third-order valence-electron chi connectivity index (χ3n) is 3.89. The smallest absolute Gasteiger partial charge is 0.338 e. The van der Waals surface area contributed by atoms with Crippen molar-refractivity contribution in [3.63, 3.8) is 0 Å². The van der Waals surface area contributed by atoms with Crippen molar-refractivity contribution in [2.45, 2.75) is 26.3 Å². The van der Waals surface area contributed by atoms with Gasteiger partial charge in [0.25, 0.3) is 0 Å². The summed E-state index contributed by atoms with van der Waals surface area (Å²) in [6.07, 6.45) is 4.47. The second-order valence-electron chi connectivity index (χ2n) is 5.53. The number of fused-ring (bicyclic) bond motifs is 1.